The van der Waals surface area contributed by atoms with Crippen LogP contribution in [-0.4, -0.2) is 9.52 Å². The van der Waals surface area contributed by atoms with Gasteiger partial charge in [0.25, 0.3) is 0 Å². The predicted molar refractivity (Wildman–Crippen MR) is 65.1 cm³/mol. The molecule has 1 rings (SSSR count). The van der Waals surface area contributed by atoms with Crippen molar-refractivity contribution in [1.82, 2.24) is 0 Å². The number of hydrogen-bond donors (Lipinski definition) is 0. The number of rotatable bonds is 2. The molecule has 1 aromatic carbocycles. The van der Waals surface area contributed by atoms with Gasteiger partial charge in [0.1, 0.15) is 3.74 Å². The van der Waals surface area contributed by atoms with Gasteiger partial charge in [0.05, 0.1) is 0 Å². The summed E-state index contributed by atoms with van der Waals surface area (Å²) in [7, 11) is 0. The maximum Gasteiger partial charge on any atom is 0.187 e. The van der Waals surface area contributed by atoms with E-state index in [-0.39, 0.29) is 9.52 Å². The van der Waals surface area contributed by atoms with Crippen molar-refractivity contribution >= 4 is 60.2 Å². The molecule has 0 atom stereocenters. The van der Waals surface area contributed by atoms with Crippen LogP contribution in [0.3, 0.4) is 0 Å². The van der Waals surface area contributed by atoms with E-state index in [0.717, 1.165) is 9.13 Å². The first-order valence-electron chi connectivity index (χ1n) is 3.19. The molecule has 64 valence electrons. The average Bonchev–Trinajstić information content (AvgIpc) is 2.03. The van der Waals surface area contributed by atoms with Gasteiger partial charge in [0, 0.05) is 9.13 Å². The van der Waals surface area contributed by atoms with Crippen LogP contribution in [0.4, 0.5) is 0 Å². The van der Waals surface area contributed by atoms with Gasteiger partial charge in [-0.25, -0.2) is 0 Å². The number of ketones is 1. The van der Waals surface area contributed by atoms with E-state index >= 15 is 0 Å². The fraction of sp³-hybridized carbons (Fsp3) is 0.125. The molecule has 0 aliphatic rings. The molecule has 0 unspecified atom stereocenters. The van der Waals surface area contributed by atoms with Crippen LogP contribution in [0.5, 0.6) is 0 Å². The van der Waals surface area contributed by atoms with Crippen LogP contribution in [0.1, 0.15) is 10.4 Å². The molecular weight excluding hydrogens is 399 g/mol. The number of Topliss-reactive ketones (excluding diaryl/α,β-unsaturated/α-hetero) is 1. The molecule has 0 aliphatic heterocycles. The van der Waals surface area contributed by atoms with Crippen molar-refractivity contribution in [3.63, 3.8) is 0 Å². The van der Waals surface area contributed by atoms with Crippen LogP contribution in [0.15, 0.2) is 24.3 Å². The van der Waals surface area contributed by atoms with E-state index in [0.29, 0.717) is 0 Å². The Balaban J connectivity index is 2.96. The molecule has 0 spiro atoms. The van der Waals surface area contributed by atoms with Gasteiger partial charge in [-0.3, -0.25) is 4.79 Å². The zero-order valence-corrected chi connectivity index (χ0v) is 11.3. The minimum atomic E-state index is -0.289. The summed E-state index contributed by atoms with van der Waals surface area (Å²) in [6.07, 6.45) is 0. The zero-order valence-electron chi connectivity index (χ0n) is 5.93. The van der Waals surface area contributed by atoms with Crippen molar-refractivity contribution in [2.45, 2.75) is 3.74 Å². The molecule has 0 amide bonds. The second-order valence-corrected chi connectivity index (χ2v) is 6.48. The zero-order chi connectivity index (χ0) is 9.14. The quantitative estimate of drug-likeness (QED) is 0.419. The summed E-state index contributed by atoms with van der Waals surface area (Å²) in [6.45, 7) is 0. The lowest BCUT2D eigenvalue weighted by molar-refractivity contribution is 0.101. The van der Waals surface area contributed by atoms with Crippen molar-refractivity contribution in [3.05, 3.63) is 33.4 Å². The van der Waals surface area contributed by atoms with Gasteiger partial charge in [0.2, 0.25) is 0 Å². The van der Waals surface area contributed by atoms with E-state index in [1.807, 2.05) is 18.2 Å². The third kappa shape index (κ3) is 2.81. The van der Waals surface area contributed by atoms with Crippen LogP contribution in [0, 0.1) is 3.57 Å². The van der Waals surface area contributed by atoms with E-state index in [1.165, 1.54) is 0 Å². The number of hydrogen-bond acceptors (Lipinski definition) is 1. The standard InChI is InChI=1S/C8H5Br2IO/c9-8(10)7(12)5-2-1-3-6(11)4-5/h1-4,8H. The predicted octanol–water partition coefficient (Wildman–Crippen LogP) is 3.59. The molecule has 1 aromatic rings. The third-order valence-corrected chi connectivity index (χ3v) is 2.81. The number of alkyl halides is 2. The molecule has 0 aliphatic carbocycles. The van der Waals surface area contributed by atoms with E-state index in [9.17, 15) is 4.79 Å². The number of halogens is 3. The largest absolute Gasteiger partial charge is 0.292 e. The molecule has 0 heterocycles. The van der Waals surface area contributed by atoms with E-state index in [4.69, 9.17) is 0 Å². The Bertz CT molecular complexity index is 299. The van der Waals surface area contributed by atoms with Gasteiger partial charge in [-0.2, -0.15) is 0 Å². The fourth-order valence-corrected chi connectivity index (χ4v) is 1.84. The van der Waals surface area contributed by atoms with Gasteiger partial charge in [-0.15, -0.1) is 0 Å². The monoisotopic (exact) mass is 402 g/mol. The minimum absolute atomic E-state index is 0.0496. The first-order chi connectivity index (χ1) is 5.61. The lowest BCUT2D eigenvalue weighted by atomic mass is 10.2. The molecule has 0 N–H and O–H groups in total. The Labute approximate surface area is 101 Å². The van der Waals surface area contributed by atoms with Crippen LogP contribution in [0.25, 0.3) is 0 Å². The highest BCUT2D eigenvalue weighted by atomic mass is 127. The third-order valence-electron chi connectivity index (χ3n) is 1.31. The second kappa shape index (κ2) is 4.72. The maximum atomic E-state index is 11.4. The Morgan fingerprint density at radius 2 is 2.08 bits per heavy atom. The highest BCUT2D eigenvalue weighted by molar-refractivity contribution is 14.1. The summed E-state index contributed by atoms with van der Waals surface area (Å²) in [5.74, 6) is 0.0496. The SMILES string of the molecule is O=C(c1cccc(I)c1)C(Br)Br. The Kier molecular flexibility index (Phi) is 4.19. The molecule has 12 heavy (non-hydrogen) atoms. The number of carbonyl (C=O) groups excluding carboxylic acids is 1. The molecule has 4 heteroatoms. The molecule has 0 bridgehead atoms. The van der Waals surface area contributed by atoms with E-state index < -0.39 is 0 Å². The van der Waals surface area contributed by atoms with Crippen molar-refractivity contribution in [2.24, 2.45) is 0 Å². The van der Waals surface area contributed by atoms with Gasteiger partial charge in [0.15, 0.2) is 5.78 Å². The van der Waals surface area contributed by atoms with Crippen LogP contribution in [0.2, 0.25) is 0 Å². The second-order valence-electron chi connectivity index (χ2n) is 2.18. The summed E-state index contributed by atoms with van der Waals surface area (Å²) in [5, 5.41) is 0. The Morgan fingerprint density at radius 3 is 2.58 bits per heavy atom. The number of benzene rings is 1. The topological polar surface area (TPSA) is 17.1 Å². The van der Waals surface area contributed by atoms with Gasteiger partial charge in [-0.1, -0.05) is 44.0 Å². The van der Waals surface area contributed by atoms with Crippen LogP contribution in [-0.2, 0) is 0 Å². The lowest BCUT2D eigenvalue weighted by Crippen LogP contribution is -2.06. The molecule has 0 saturated carbocycles. The van der Waals surface area contributed by atoms with Crippen LogP contribution >= 0.6 is 54.5 Å². The van der Waals surface area contributed by atoms with Gasteiger partial charge >= 0.3 is 0 Å². The molecule has 1 nitrogen and oxygen atoms in total. The maximum absolute atomic E-state index is 11.4. The number of carbonyl (C=O) groups is 1. The van der Waals surface area contributed by atoms with Crippen molar-refractivity contribution in [3.8, 4) is 0 Å². The Hall–Kier alpha value is 0.580. The normalized spacial score (nSPS) is 10.3. The Morgan fingerprint density at radius 1 is 1.42 bits per heavy atom. The molecule has 0 radical (unpaired) electrons. The molecule has 0 aromatic heterocycles. The molecule has 0 fully saturated rings. The van der Waals surface area contributed by atoms with Crippen molar-refractivity contribution in [1.29, 1.82) is 0 Å². The smallest absolute Gasteiger partial charge is 0.187 e. The minimum Gasteiger partial charge on any atom is -0.292 e. The first-order valence-corrected chi connectivity index (χ1v) is 6.10. The van der Waals surface area contributed by atoms with Gasteiger partial charge in [-0.05, 0) is 34.7 Å². The summed E-state index contributed by atoms with van der Waals surface area (Å²) in [6, 6.07) is 7.49. The first kappa shape index (κ1) is 10.7. The molecule has 0 saturated heterocycles. The molecular formula is C8H5Br2IO. The summed E-state index contributed by atoms with van der Waals surface area (Å²) in [5.41, 5.74) is 0.723. The lowest BCUT2D eigenvalue weighted by Gasteiger charge is -2.00. The summed E-state index contributed by atoms with van der Waals surface area (Å²) in [4.78, 5) is 11.4. The van der Waals surface area contributed by atoms with E-state index in [2.05, 4.69) is 54.5 Å². The summed E-state index contributed by atoms with van der Waals surface area (Å²) >= 11 is 8.51. The highest BCUT2D eigenvalue weighted by Crippen LogP contribution is 2.17. The van der Waals surface area contributed by atoms with Crippen LogP contribution < -0.4 is 0 Å². The van der Waals surface area contributed by atoms with Gasteiger partial charge < -0.3 is 0 Å². The van der Waals surface area contributed by atoms with Crippen molar-refractivity contribution in [2.75, 3.05) is 0 Å². The average molecular weight is 404 g/mol. The highest BCUT2D eigenvalue weighted by Gasteiger charge is 2.12. The summed E-state index contributed by atoms with van der Waals surface area (Å²) < 4.78 is 0.780. The van der Waals surface area contributed by atoms with E-state index in [1.54, 1.807) is 6.07 Å². The fourth-order valence-electron chi connectivity index (χ4n) is 0.768. The van der Waals surface area contributed by atoms with Crippen molar-refractivity contribution < 1.29 is 4.79 Å².